The van der Waals surface area contributed by atoms with Gasteiger partial charge in [-0.05, 0) is 63.7 Å². The molecule has 0 radical (unpaired) electrons. The zero-order valence-electron chi connectivity index (χ0n) is 14.8. The maximum atomic E-state index is 12.9. The minimum Gasteiger partial charge on any atom is -0.357 e. The fourth-order valence-corrected chi connectivity index (χ4v) is 2.93. The standard InChI is InChI=1S/C18H23FN4OS/c1-11(2)23-12(3)9-16(13(23)4)17(24)21-22-18(25)20-10-14-5-7-15(19)8-6-14/h5-9,11H,10H2,1-4H3,(H,21,24)(H2,20,22,25). The van der Waals surface area contributed by atoms with Gasteiger partial charge in [-0.25, -0.2) is 4.39 Å². The van der Waals surface area contributed by atoms with E-state index in [9.17, 15) is 9.18 Å². The highest BCUT2D eigenvalue weighted by Gasteiger charge is 2.17. The monoisotopic (exact) mass is 362 g/mol. The average molecular weight is 362 g/mol. The second kappa shape index (κ2) is 8.11. The van der Waals surface area contributed by atoms with Crippen LogP contribution < -0.4 is 16.2 Å². The van der Waals surface area contributed by atoms with Gasteiger partial charge in [0.2, 0.25) is 0 Å². The molecule has 1 heterocycles. The van der Waals surface area contributed by atoms with Gasteiger partial charge in [-0.3, -0.25) is 15.6 Å². The van der Waals surface area contributed by atoms with Crippen molar-refractivity contribution in [2.24, 2.45) is 0 Å². The highest BCUT2D eigenvalue weighted by Crippen LogP contribution is 2.19. The van der Waals surface area contributed by atoms with Crippen LogP contribution >= 0.6 is 12.2 Å². The molecule has 0 aliphatic rings. The van der Waals surface area contributed by atoms with Gasteiger partial charge < -0.3 is 9.88 Å². The van der Waals surface area contributed by atoms with Crippen molar-refractivity contribution in [3.8, 4) is 0 Å². The summed E-state index contributed by atoms with van der Waals surface area (Å²) in [6.45, 7) is 8.49. The van der Waals surface area contributed by atoms with E-state index in [0.29, 0.717) is 12.1 Å². The van der Waals surface area contributed by atoms with Gasteiger partial charge in [-0.15, -0.1) is 0 Å². The number of aromatic nitrogens is 1. The van der Waals surface area contributed by atoms with E-state index in [-0.39, 0.29) is 22.9 Å². The van der Waals surface area contributed by atoms with Crippen LogP contribution in [0.25, 0.3) is 0 Å². The largest absolute Gasteiger partial charge is 0.357 e. The average Bonchev–Trinajstić information content (AvgIpc) is 2.86. The van der Waals surface area contributed by atoms with Crippen LogP contribution in [0.4, 0.5) is 4.39 Å². The second-order valence-electron chi connectivity index (χ2n) is 6.14. The third kappa shape index (κ3) is 4.79. The van der Waals surface area contributed by atoms with Crippen LogP contribution in [0.3, 0.4) is 0 Å². The van der Waals surface area contributed by atoms with Crippen LogP contribution in [0.2, 0.25) is 0 Å². The summed E-state index contributed by atoms with van der Waals surface area (Å²) in [5.74, 6) is -0.526. The fraction of sp³-hybridized carbons (Fsp3) is 0.333. The maximum Gasteiger partial charge on any atom is 0.271 e. The number of rotatable bonds is 4. The Morgan fingerprint density at radius 2 is 1.84 bits per heavy atom. The van der Waals surface area contributed by atoms with Gasteiger partial charge >= 0.3 is 0 Å². The Hall–Kier alpha value is -2.41. The number of carbonyl (C=O) groups is 1. The van der Waals surface area contributed by atoms with Crippen LogP contribution in [0.1, 0.15) is 47.2 Å². The molecule has 0 aliphatic carbocycles. The molecule has 0 unspecified atom stereocenters. The number of hydrogen-bond acceptors (Lipinski definition) is 2. The molecule has 0 saturated carbocycles. The van der Waals surface area contributed by atoms with Crippen molar-refractivity contribution < 1.29 is 9.18 Å². The minimum atomic E-state index is -0.282. The Labute approximate surface area is 152 Å². The lowest BCUT2D eigenvalue weighted by atomic mass is 10.2. The maximum absolute atomic E-state index is 12.9. The van der Waals surface area contributed by atoms with Crippen LogP contribution in [0, 0.1) is 19.7 Å². The molecule has 0 fully saturated rings. The molecule has 1 amide bonds. The summed E-state index contributed by atoms with van der Waals surface area (Å²) in [6, 6.07) is 8.27. The molecule has 0 saturated heterocycles. The molecular weight excluding hydrogens is 339 g/mol. The van der Waals surface area contributed by atoms with Crippen molar-refractivity contribution in [3.63, 3.8) is 0 Å². The number of nitrogens with zero attached hydrogens (tertiary/aromatic N) is 1. The molecule has 134 valence electrons. The molecule has 5 nitrogen and oxygen atoms in total. The first-order valence-electron chi connectivity index (χ1n) is 8.06. The van der Waals surface area contributed by atoms with Gasteiger partial charge in [-0.2, -0.15) is 0 Å². The van der Waals surface area contributed by atoms with E-state index < -0.39 is 0 Å². The molecule has 2 aromatic rings. The van der Waals surface area contributed by atoms with E-state index in [4.69, 9.17) is 12.2 Å². The number of thiocarbonyl (C=S) groups is 1. The van der Waals surface area contributed by atoms with Crippen molar-refractivity contribution in [1.29, 1.82) is 0 Å². The van der Waals surface area contributed by atoms with Crippen molar-refractivity contribution >= 4 is 23.2 Å². The lowest BCUT2D eigenvalue weighted by molar-refractivity contribution is 0.0943. The van der Waals surface area contributed by atoms with Gasteiger partial charge in [0.15, 0.2) is 5.11 Å². The Bertz CT molecular complexity index is 768. The second-order valence-corrected chi connectivity index (χ2v) is 6.55. The Kier molecular flexibility index (Phi) is 6.14. The van der Waals surface area contributed by atoms with Crippen LogP contribution in [0.15, 0.2) is 30.3 Å². The molecule has 1 aromatic heterocycles. The summed E-state index contributed by atoms with van der Waals surface area (Å²) in [5.41, 5.74) is 8.73. The molecule has 0 spiro atoms. The number of amides is 1. The number of halogens is 1. The lowest BCUT2D eigenvalue weighted by Crippen LogP contribution is -2.46. The lowest BCUT2D eigenvalue weighted by Gasteiger charge is -2.14. The number of nitrogens with one attached hydrogen (secondary N) is 3. The first kappa shape index (κ1) is 18.9. The van der Waals surface area contributed by atoms with Crippen molar-refractivity contribution in [2.75, 3.05) is 0 Å². The molecular formula is C18H23FN4OS. The molecule has 7 heteroatoms. The third-order valence-electron chi connectivity index (χ3n) is 3.90. The first-order chi connectivity index (χ1) is 11.8. The van der Waals surface area contributed by atoms with Gasteiger partial charge in [0.25, 0.3) is 5.91 Å². The predicted octanol–water partition coefficient (Wildman–Crippen LogP) is 3.13. The van der Waals surface area contributed by atoms with E-state index in [1.807, 2.05) is 19.9 Å². The summed E-state index contributed by atoms with van der Waals surface area (Å²) in [4.78, 5) is 12.4. The smallest absolute Gasteiger partial charge is 0.271 e. The summed E-state index contributed by atoms with van der Waals surface area (Å²) in [6.07, 6.45) is 0. The number of benzene rings is 1. The van der Waals surface area contributed by atoms with Crippen LogP contribution in [-0.2, 0) is 6.54 Å². The fourth-order valence-electron chi connectivity index (χ4n) is 2.81. The minimum absolute atomic E-state index is 0.245. The molecule has 2 rings (SSSR count). The summed E-state index contributed by atoms with van der Waals surface area (Å²) in [7, 11) is 0. The SMILES string of the molecule is Cc1cc(C(=O)NNC(=S)NCc2ccc(F)cc2)c(C)n1C(C)C. The van der Waals surface area contributed by atoms with E-state index in [0.717, 1.165) is 17.0 Å². The highest BCUT2D eigenvalue weighted by molar-refractivity contribution is 7.80. The molecule has 0 aliphatic heterocycles. The topological polar surface area (TPSA) is 58.1 Å². The van der Waals surface area contributed by atoms with Crippen LogP contribution in [0.5, 0.6) is 0 Å². The van der Waals surface area contributed by atoms with Gasteiger partial charge in [0.1, 0.15) is 5.82 Å². The van der Waals surface area contributed by atoms with E-state index in [1.165, 1.54) is 12.1 Å². The Balaban J connectivity index is 1.88. The number of hydrogen-bond donors (Lipinski definition) is 3. The summed E-state index contributed by atoms with van der Waals surface area (Å²) < 4.78 is 15.0. The van der Waals surface area contributed by atoms with Crippen molar-refractivity contribution in [3.05, 3.63) is 58.7 Å². The molecule has 3 N–H and O–H groups in total. The highest BCUT2D eigenvalue weighted by atomic mass is 32.1. The van der Waals surface area contributed by atoms with Crippen molar-refractivity contribution in [2.45, 2.75) is 40.3 Å². The first-order valence-corrected chi connectivity index (χ1v) is 8.47. The molecule has 0 atom stereocenters. The summed E-state index contributed by atoms with van der Waals surface area (Å²) >= 11 is 5.14. The Morgan fingerprint density at radius 3 is 2.40 bits per heavy atom. The van der Waals surface area contributed by atoms with Gasteiger partial charge in [0, 0.05) is 24.0 Å². The van der Waals surface area contributed by atoms with Crippen molar-refractivity contribution in [1.82, 2.24) is 20.7 Å². The number of carbonyl (C=O) groups excluding carboxylic acids is 1. The zero-order valence-corrected chi connectivity index (χ0v) is 15.6. The predicted molar refractivity (Wildman–Crippen MR) is 101 cm³/mol. The molecule has 25 heavy (non-hydrogen) atoms. The Morgan fingerprint density at radius 1 is 1.20 bits per heavy atom. The van der Waals surface area contributed by atoms with E-state index in [1.54, 1.807) is 12.1 Å². The number of aryl methyl sites for hydroxylation is 1. The summed E-state index contributed by atoms with van der Waals surface area (Å²) in [5, 5.41) is 3.24. The normalized spacial score (nSPS) is 10.6. The van der Waals surface area contributed by atoms with Crippen LogP contribution in [-0.4, -0.2) is 15.6 Å². The zero-order chi connectivity index (χ0) is 18.6. The van der Waals surface area contributed by atoms with E-state index in [2.05, 4.69) is 34.6 Å². The third-order valence-corrected chi connectivity index (χ3v) is 4.15. The van der Waals surface area contributed by atoms with E-state index >= 15 is 0 Å². The molecule has 0 bridgehead atoms. The quantitative estimate of drug-likeness (QED) is 0.578. The number of hydrazine groups is 1. The van der Waals surface area contributed by atoms with Gasteiger partial charge in [0.05, 0.1) is 5.56 Å². The molecule has 1 aromatic carbocycles. The van der Waals surface area contributed by atoms with Gasteiger partial charge in [-0.1, -0.05) is 12.1 Å².